The van der Waals surface area contributed by atoms with Crippen molar-refractivity contribution in [2.45, 2.75) is 90.0 Å². The average molecular weight is 411 g/mol. The lowest BCUT2D eigenvalue weighted by atomic mass is 10.0. The molecule has 0 aromatic rings. The molecule has 0 spiro atoms. The van der Waals surface area contributed by atoms with E-state index in [0.717, 1.165) is 45.6 Å². The van der Waals surface area contributed by atoms with Crippen molar-refractivity contribution in [3.8, 4) is 0 Å². The zero-order chi connectivity index (χ0) is 21.3. The molecule has 5 nitrogen and oxygen atoms in total. The zero-order valence-corrected chi connectivity index (χ0v) is 20.1. The zero-order valence-electron chi connectivity index (χ0n) is 20.1. The molecule has 1 rings (SSSR count). The van der Waals surface area contributed by atoms with E-state index in [1.165, 1.54) is 64.3 Å². The minimum Gasteiger partial charge on any atom is -0.356 e. The quantitative estimate of drug-likeness (QED) is 0.644. The molecule has 1 atom stereocenters. The summed E-state index contributed by atoms with van der Waals surface area (Å²) in [5.41, 5.74) is 0. The summed E-state index contributed by atoms with van der Waals surface area (Å²) < 4.78 is 0. The highest BCUT2D eigenvalue weighted by Crippen LogP contribution is 2.15. The van der Waals surface area contributed by atoms with Gasteiger partial charge in [0, 0.05) is 19.0 Å². The van der Waals surface area contributed by atoms with Crippen molar-refractivity contribution in [3.63, 3.8) is 0 Å². The van der Waals surface area contributed by atoms with Crippen LogP contribution in [0.3, 0.4) is 0 Å². The van der Waals surface area contributed by atoms with Crippen molar-refractivity contribution in [3.05, 3.63) is 0 Å². The van der Waals surface area contributed by atoms with Gasteiger partial charge in [-0.1, -0.05) is 45.4 Å². The Hall–Kier alpha value is -0.650. The van der Waals surface area contributed by atoms with E-state index < -0.39 is 0 Å². The lowest BCUT2D eigenvalue weighted by Gasteiger charge is -2.28. The molecular formula is C24H50N4O. The summed E-state index contributed by atoms with van der Waals surface area (Å²) in [7, 11) is 6.67. The molecule has 0 aliphatic carbocycles. The van der Waals surface area contributed by atoms with Gasteiger partial charge in [-0.25, -0.2) is 0 Å². The summed E-state index contributed by atoms with van der Waals surface area (Å²) >= 11 is 0. The van der Waals surface area contributed by atoms with Gasteiger partial charge in [-0.05, 0) is 86.0 Å². The van der Waals surface area contributed by atoms with Gasteiger partial charge in [0.15, 0.2) is 0 Å². The van der Waals surface area contributed by atoms with Gasteiger partial charge in [0.2, 0.25) is 5.91 Å². The Kier molecular flexibility index (Phi) is 15.5. The molecule has 172 valence electrons. The summed E-state index contributed by atoms with van der Waals surface area (Å²) in [6.07, 6.45) is 14.5. The van der Waals surface area contributed by atoms with Gasteiger partial charge < -0.3 is 20.0 Å². The van der Waals surface area contributed by atoms with Gasteiger partial charge in [0.25, 0.3) is 0 Å². The van der Waals surface area contributed by atoms with Crippen molar-refractivity contribution in [1.29, 1.82) is 0 Å². The van der Waals surface area contributed by atoms with Gasteiger partial charge in [-0.2, -0.15) is 0 Å². The molecule has 0 radical (unpaired) electrons. The predicted octanol–water partition coefficient (Wildman–Crippen LogP) is 3.98. The van der Waals surface area contributed by atoms with Gasteiger partial charge in [0.1, 0.15) is 0 Å². The van der Waals surface area contributed by atoms with Crippen LogP contribution in [0.4, 0.5) is 0 Å². The molecule has 1 unspecified atom stereocenters. The summed E-state index contributed by atoms with van der Waals surface area (Å²) in [5.74, 6) is 0.233. The molecule has 0 saturated carbocycles. The second kappa shape index (κ2) is 17.1. The Bertz CT molecular complexity index is 404. The standard InChI is InChI=1S/C24H50N4O/c1-5-6-7-8-9-10-15-23-22-24(29)25-16-13-19-26(2)17-11-12-18-27(3)20-14-21-28(23)4/h23H,5-22H2,1-4H3,(H,25,29). The molecule has 1 heterocycles. The number of carbonyl (C=O) groups excluding carboxylic acids is 1. The van der Waals surface area contributed by atoms with Crippen LogP contribution >= 0.6 is 0 Å². The van der Waals surface area contributed by atoms with Gasteiger partial charge in [-0.3, -0.25) is 4.79 Å². The van der Waals surface area contributed by atoms with Crippen molar-refractivity contribution < 1.29 is 4.79 Å². The summed E-state index contributed by atoms with van der Waals surface area (Å²) in [6, 6.07) is 0.379. The molecule has 0 aromatic carbocycles. The molecule has 1 amide bonds. The summed E-state index contributed by atoms with van der Waals surface area (Å²) in [5, 5.41) is 3.17. The first-order valence-electron chi connectivity index (χ1n) is 12.4. The fraction of sp³-hybridized carbons (Fsp3) is 0.958. The maximum atomic E-state index is 12.5. The van der Waals surface area contributed by atoms with Crippen molar-refractivity contribution in [2.24, 2.45) is 0 Å². The minimum absolute atomic E-state index is 0.233. The third kappa shape index (κ3) is 14.1. The van der Waals surface area contributed by atoms with E-state index in [-0.39, 0.29) is 5.91 Å². The molecule has 1 aliphatic heterocycles. The Morgan fingerprint density at radius 1 is 0.793 bits per heavy atom. The van der Waals surface area contributed by atoms with Gasteiger partial charge in [0.05, 0.1) is 0 Å². The van der Waals surface area contributed by atoms with Crippen LogP contribution in [0.1, 0.15) is 84.0 Å². The highest BCUT2D eigenvalue weighted by atomic mass is 16.1. The third-order valence-corrected chi connectivity index (χ3v) is 6.35. The van der Waals surface area contributed by atoms with E-state index in [0.29, 0.717) is 12.5 Å². The number of amides is 1. The van der Waals surface area contributed by atoms with Gasteiger partial charge in [-0.15, -0.1) is 0 Å². The molecule has 1 saturated heterocycles. The monoisotopic (exact) mass is 410 g/mol. The van der Waals surface area contributed by atoms with Gasteiger partial charge >= 0.3 is 0 Å². The van der Waals surface area contributed by atoms with Crippen LogP contribution < -0.4 is 5.32 Å². The predicted molar refractivity (Wildman–Crippen MR) is 125 cm³/mol. The number of carbonyl (C=O) groups is 1. The number of unbranched alkanes of at least 4 members (excludes halogenated alkanes) is 5. The van der Waals surface area contributed by atoms with Crippen LogP contribution in [-0.2, 0) is 4.79 Å². The topological polar surface area (TPSA) is 38.8 Å². The first kappa shape index (κ1) is 26.4. The van der Waals surface area contributed by atoms with E-state index in [4.69, 9.17) is 0 Å². The van der Waals surface area contributed by atoms with E-state index >= 15 is 0 Å². The molecular weight excluding hydrogens is 360 g/mol. The number of hydrogen-bond acceptors (Lipinski definition) is 4. The van der Waals surface area contributed by atoms with Crippen LogP contribution in [0.15, 0.2) is 0 Å². The van der Waals surface area contributed by atoms with Crippen LogP contribution in [-0.4, -0.2) is 87.1 Å². The van der Waals surface area contributed by atoms with Crippen LogP contribution in [0.2, 0.25) is 0 Å². The molecule has 0 aromatic heterocycles. The lowest BCUT2D eigenvalue weighted by Crippen LogP contribution is -2.39. The molecule has 1 aliphatic rings. The number of nitrogens with zero attached hydrogens (tertiary/aromatic N) is 3. The van der Waals surface area contributed by atoms with Crippen LogP contribution in [0.5, 0.6) is 0 Å². The SMILES string of the molecule is CCCCCCCCC1CC(=O)NCCCN(C)CCCCN(C)CCCN1C. The molecule has 1 fully saturated rings. The third-order valence-electron chi connectivity index (χ3n) is 6.35. The second-order valence-electron chi connectivity index (χ2n) is 9.27. The second-order valence-corrected chi connectivity index (χ2v) is 9.27. The minimum atomic E-state index is 0.233. The van der Waals surface area contributed by atoms with Crippen molar-refractivity contribution in [1.82, 2.24) is 20.0 Å². The first-order chi connectivity index (χ1) is 14.0. The normalized spacial score (nSPS) is 23.6. The van der Waals surface area contributed by atoms with Crippen LogP contribution in [0, 0.1) is 0 Å². The lowest BCUT2D eigenvalue weighted by molar-refractivity contribution is -0.122. The fourth-order valence-corrected chi connectivity index (χ4v) is 4.26. The number of hydrogen-bond donors (Lipinski definition) is 1. The van der Waals surface area contributed by atoms with E-state index in [1.807, 2.05) is 0 Å². The maximum Gasteiger partial charge on any atom is 0.221 e. The van der Waals surface area contributed by atoms with E-state index in [2.05, 4.69) is 48.1 Å². The van der Waals surface area contributed by atoms with E-state index in [9.17, 15) is 4.79 Å². The molecule has 1 N–H and O–H groups in total. The molecule has 5 heteroatoms. The average Bonchev–Trinajstić information content (AvgIpc) is 2.69. The molecule has 0 bridgehead atoms. The highest BCUT2D eigenvalue weighted by molar-refractivity contribution is 5.76. The Morgan fingerprint density at radius 3 is 2.07 bits per heavy atom. The smallest absolute Gasteiger partial charge is 0.221 e. The fourth-order valence-electron chi connectivity index (χ4n) is 4.26. The van der Waals surface area contributed by atoms with Crippen LogP contribution in [0.25, 0.3) is 0 Å². The maximum absolute atomic E-state index is 12.5. The summed E-state index contributed by atoms with van der Waals surface area (Å²) in [6.45, 7) is 8.72. The first-order valence-corrected chi connectivity index (χ1v) is 12.4. The Labute approximate surface area is 181 Å². The highest BCUT2D eigenvalue weighted by Gasteiger charge is 2.18. The summed E-state index contributed by atoms with van der Waals surface area (Å²) in [4.78, 5) is 19.9. The number of nitrogens with one attached hydrogen (secondary N) is 1. The van der Waals surface area contributed by atoms with Crippen molar-refractivity contribution >= 4 is 5.91 Å². The molecule has 29 heavy (non-hydrogen) atoms. The Balaban J connectivity index is 2.52. The number of rotatable bonds is 7. The largest absolute Gasteiger partial charge is 0.356 e. The van der Waals surface area contributed by atoms with Crippen molar-refractivity contribution in [2.75, 3.05) is 60.4 Å². The van der Waals surface area contributed by atoms with E-state index in [1.54, 1.807) is 0 Å². The Morgan fingerprint density at radius 2 is 1.38 bits per heavy atom.